The first-order valence-corrected chi connectivity index (χ1v) is 4.75. The first-order chi connectivity index (χ1) is 7.06. The zero-order valence-electron chi connectivity index (χ0n) is 8.84. The lowest BCUT2D eigenvalue weighted by atomic mass is 10.0. The smallest absolute Gasteiger partial charge is 0.267 e. The number of ether oxygens (including phenoxy) is 1. The van der Waals surface area contributed by atoms with E-state index in [4.69, 9.17) is 10.5 Å². The van der Waals surface area contributed by atoms with Crippen molar-refractivity contribution >= 4 is 0 Å². The normalized spacial score (nSPS) is 12.9. The van der Waals surface area contributed by atoms with E-state index >= 15 is 0 Å². The van der Waals surface area contributed by atoms with Gasteiger partial charge in [-0.25, -0.2) is 8.78 Å². The molecule has 0 fully saturated rings. The highest BCUT2D eigenvalue weighted by Crippen LogP contribution is 2.32. The highest BCUT2D eigenvalue weighted by Gasteiger charge is 2.18. The highest BCUT2D eigenvalue weighted by atomic mass is 19.3. The number of benzene rings is 1. The summed E-state index contributed by atoms with van der Waals surface area (Å²) in [5.41, 5.74) is 6.11. The average Bonchev–Trinajstić information content (AvgIpc) is 2.15. The molecule has 0 amide bonds. The number of nitrogens with two attached hydrogens (primary N) is 1. The second-order valence-electron chi connectivity index (χ2n) is 3.52. The minimum Gasteiger partial charge on any atom is -0.496 e. The molecular formula is C11H15F2NO. The average molecular weight is 215 g/mol. The first kappa shape index (κ1) is 11.9. The van der Waals surface area contributed by atoms with Gasteiger partial charge >= 0.3 is 0 Å². The molecule has 0 aliphatic carbocycles. The number of hydrogen-bond acceptors (Lipinski definition) is 2. The molecule has 0 saturated carbocycles. The van der Waals surface area contributed by atoms with Gasteiger partial charge in [-0.05, 0) is 25.0 Å². The fourth-order valence-electron chi connectivity index (χ4n) is 1.54. The second kappa shape index (κ2) is 5.07. The molecule has 0 bridgehead atoms. The number of hydrogen-bond donors (Lipinski definition) is 1. The molecule has 1 atom stereocenters. The van der Waals surface area contributed by atoms with Crippen LogP contribution in [0.3, 0.4) is 0 Å². The van der Waals surface area contributed by atoms with E-state index in [0.717, 1.165) is 0 Å². The Morgan fingerprint density at radius 2 is 2.07 bits per heavy atom. The zero-order valence-corrected chi connectivity index (χ0v) is 8.84. The molecule has 2 N–H and O–H groups in total. The van der Waals surface area contributed by atoms with Gasteiger partial charge < -0.3 is 10.5 Å². The predicted molar refractivity (Wildman–Crippen MR) is 55.3 cm³/mol. The van der Waals surface area contributed by atoms with Gasteiger partial charge in [-0.3, -0.25) is 0 Å². The van der Waals surface area contributed by atoms with Gasteiger partial charge in [-0.15, -0.1) is 0 Å². The lowest BCUT2D eigenvalue weighted by Gasteiger charge is -2.14. The third kappa shape index (κ3) is 2.89. The molecular weight excluding hydrogens is 200 g/mol. The summed E-state index contributed by atoms with van der Waals surface area (Å²) in [5, 5.41) is 0. The molecule has 84 valence electrons. The van der Waals surface area contributed by atoms with Crippen molar-refractivity contribution in [2.45, 2.75) is 25.8 Å². The lowest BCUT2D eigenvalue weighted by Crippen LogP contribution is -2.19. The van der Waals surface area contributed by atoms with Gasteiger partial charge in [0.05, 0.1) is 12.7 Å². The predicted octanol–water partition coefficient (Wildman–Crippen LogP) is 2.52. The molecule has 1 aromatic carbocycles. The molecule has 1 rings (SSSR count). The maximum atomic E-state index is 12.8. The van der Waals surface area contributed by atoms with Crippen LogP contribution >= 0.6 is 0 Å². The molecule has 2 nitrogen and oxygen atoms in total. The molecule has 0 aliphatic heterocycles. The summed E-state index contributed by atoms with van der Waals surface area (Å²) in [5.74, 6) is 0.225. The van der Waals surface area contributed by atoms with E-state index in [1.807, 2.05) is 0 Å². The van der Waals surface area contributed by atoms with E-state index in [-0.39, 0.29) is 17.4 Å². The summed E-state index contributed by atoms with van der Waals surface area (Å²) in [6.45, 7) is 1.79. The lowest BCUT2D eigenvalue weighted by molar-refractivity contribution is 0.145. The van der Waals surface area contributed by atoms with Crippen molar-refractivity contribution < 1.29 is 13.5 Å². The fraction of sp³-hybridized carbons (Fsp3) is 0.455. The van der Waals surface area contributed by atoms with E-state index in [0.29, 0.717) is 12.0 Å². The molecule has 1 unspecified atom stereocenters. The summed E-state index contributed by atoms with van der Waals surface area (Å²) in [6.07, 6.45) is -2.11. The van der Waals surface area contributed by atoms with Gasteiger partial charge in [-0.2, -0.15) is 0 Å². The first-order valence-electron chi connectivity index (χ1n) is 4.75. The highest BCUT2D eigenvalue weighted by molar-refractivity contribution is 5.41. The van der Waals surface area contributed by atoms with Crippen LogP contribution in [0.4, 0.5) is 8.78 Å². The maximum Gasteiger partial charge on any atom is 0.267 e. The topological polar surface area (TPSA) is 35.2 Å². The molecule has 0 heterocycles. The summed E-state index contributed by atoms with van der Waals surface area (Å²) in [6, 6.07) is 4.75. The minimum atomic E-state index is -2.53. The monoisotopic (exact) mass is 215 g/mol. The number of methoxy groups -OCH3 is 1. The Kier molecular flexibility index (Phi) is 4.03. The fourth-order valence-corrected chi connectivity index (χ4v) is 1.54. The molecule has 4 heteroatoms. The van der Waals surface area contributed by atoms with Gasteiger partial charge in [0.2, 0.25) is 0 Å². The van der Waals surface area contributed by atoms with Gasteiger partial charge in [-0.1, -0.05) is 12.1 Å². The Labute approximate surface area is 88.0 Å². The molecule has 15 heavy (non-hydrogen) atoms. The zero-order chi connectivity index (χ0) is 11.4. The maximum absolute atomic E-state index is 12.8. The van der Waals surface area contributed by atoms with E-state index < -0.39 is 6.43 Å². The van der Waals surface area contributed by atoms with Crippen molar-refractivity contribution in [2.75, 3.05) is 7.11 Å². The van der Waals surface area contributed by atoms with Crippen LogP contribution < -0.4 is 10.5 Å². The van der Waals surface area contributed by atoms with Crippen LogP contribution in [0.2, 0.25) is 0 Å². The largest absolute Gasteiger partial charge is 0.496 e. The molecule has 0 aromatic heterocycles. The third-order valence-electron chi connectivity index (χ3n) is 2.14. The van der Waals surface area contributed by atoms with Crippen molar-refractivity contribution in [3.8, 4) is 5.75 Å². The Morgan fingerprint density at radius 3 is 2.53 bits per heavy atom. The standard InChI is InChI=1S/C11H15F2NO/c1-7(14)6-8-4-3-5-9(15-2)10(8)11(12)13/h3-5,7,11H,6,14H2,1-2H3. The molecule has 0 aliphatic rings. The van der Waals surface area contributed by atoms with Crippen LogP contribution in [0, 0.1) is 0 Å². The Morgan fingerprint density at radius 1 is 1.40 bits per heavy atom. The van der Waals surface area contributed by atoms with Gasteiger partial charge in [0.15, 0.2) is 0 Å². The van der Waals surface area contributed by atoms with Gasteiger partial charge in [0.1, 0.15) is 5.75 Å². The van der Waals surface area contributed by atoms with E-state index in [9.17, 15) is 8.78 Å². The molecule has 0 radical (unpaired) electrons. The van der Waals surface area contributed by atoms with Crippen LogP contribution in [0.1, 0.15) is 24.5 Å². The van der Waals surface area contributed by atoms with E-state index in [1.54, 1.807) is 19.1 Å². The van der Waals surface area contributed by atoms with Crippen LogP contribution in [-0.4, -0.2) is 13.2 Å². The van der Waals surface area contributed by atoms with Crippen molar-refractivity contribution in [3.05, 3.63) is 29.3 Å². The Bertz CT molecular complexity index is 326. The van der Waals surface area contributed by atoms with Crippen molar-refractivity contribution in [1.29, 1.82) is 0 Å². The van der Waals surface area contributed by atoms with Crippen LogP contribution in [0.5, 0.6) is 5.75 Å². The van der Waals surface area contributed by atoms with Crippen LogP contribution in [0.15, 0.2) is 18.2 Å². The van der Waals surface area contributed by atoms with Crippen LogP contribution in [-0.2, 0) is 6.42 Å². The van der Waals surface area contributed by atoms with Gasteiger partial charge in [0.25, 0.3) is 6.43 Å². The second-order valence-corrected chi connectivity index (χ2v) is 3.52. The molecule has 1 aromatic rings. The Hall–Kier alpha value is -1.16. The summed E-state index contributed by atoms with van der Waals surface area (Å²) in [4.78, 5) is 0. The Balaban J connectivity index is 3.13. The quantitative estimate of drug-likeness (QED) is 0.837. The van der Waals surface area contributed by atoms with Crippen LogP contribution in [0.25, 0.3) is 0 Å². The van der Waals surface area contributed by atoms with Crippen molar-refractivity contribution in [2.24, 2.45) is 5.73 Å². The molecule has 0 spiro atoms. The van der Waals surface area contributed by atoms with Crippen molar-refractivity contribution in [1.82, 2.24) is 0 Å². The number of alkyl halides is 2. The van der Waals surface area contributed by atoms with Gasteiger partial charge in [0, 0.05) is 6.04 Å². The molecule has 0 saturated heterocycles. The summed E-state index contributed by atoms with van der Waals surface area (Å²) >= 11 is 0. The van der Waals surface area contributed by atoms with E-state index in [1.165, 1.54) is 13.2 Å². The third-order valence-corrected chi connectivity index (χ3v) is 2.14. The number of rotatable bonds is 4. The number of halogens is 2. The SMILES string of the molecule is COc1cccc(CC(C)N)c1C(F)F. The minimum absolute atomic E-state index is 0.0442. The summed E-state index contributed by atoms with van der Waals surface area (Å²) in [7, 11) is 1.39. The van der Waals surface area contributed by atoms with E-state index in [2.05, 4.69) is 0 Å². The summed E-state index contributed by atoms with van der Waals surface area (Å²) < 4.78 is 30.5. The van der Waals surface area contributed by atoms with Crippen molar-refractivity contribution in [3.63, 3.8) is 0 Å².